The summed E-state index contributed by atoms with van der Waals surface area (Å²) < 4.78 is 2.98. The summed E-state index contributed by atoms with van der Waals surface area (Å²) in [6.45, 7) is 12.3. The van der Waals surface area contributed by atoms with Crippen LogP contribution in [0.15, 0.2) is 16.7 Å². The standard InChI is InChI=1S/C23H33BrN4O/c1-5-10-27-11-8-9-16-17-12-15(4)13-20-21(17)18(14-19(16)27)22(24)28(20)25-23(29)26(6-2)7-3/h12-13,16,19H,5-11,14H2,1-4H3,(H,25,29)/t16-,19-/m1/s1. The molecule has 2 aromatic rings. The summed E-state index contributed by atoms with van der Waals surface area (Å²) in [6.07, 6.45) is 4.78. The second-order valence-corrected chi connectivity index (χ2v) is 9.25. The van der Waals surface area contributed by atoms with E-state index >= 15 is 0 Å². The van der Waals surface area contributed by atoms with Crippen LogP contribution in [-0.4, -0.2) is 52.7 Å². The van der Waals surface area contributed by atoms with Crippen LogP contribution in [0.1, 0.15) is 62.6 Å². The highest BCUT2D eigenvalue weighted by atomic mass is 79.9. The smallest absolute Gasteiger partial charge is 0.324 e. The van der Waals surface area contributed by atoms with Crippen LogP contribution in [0.5, 0.6) is 0 Å². The number of urea groups is 1. The summed E-state index contributed by atoms with van der Waals surface area (Å²) in [5.74, 6) is 0.589. The first-order chi connectivity index (χ1) is 14.0. The fourth-order valence-electron chi connectivity index (χ4n) is 5.44. The zero-order valence-electron chi connectivity index (χ0n) is 18.1. The zero-order valence-corrected chi connectivity index (χ0v) is 19.7. The summed E-state index contributed by atoms with van der Waals surface area (Å²) >= 11 is 3.86. The normalized spacial score (nSPS) is 21.3. The quantitative estimate of drug-likeness (QED) is 0.663. The number of amides is 2. The van der Waals surface area contributed by atoms with Gasteiger partial charge >= 0.3 is 6.03 Å². The largest absolute Gasteiger partial charge is 0.336 e. The number of benzene rings is 1. The van der Waals surface area contributed by atoms with E-state index in [-0.39, 0.29) is 6.03 Å². The number of nitrogens with zero attached hydrogens (tertiary/aromatic N) is 3. The zero-order chi connectivity index (χ0) is 20.7. The third-order valence-electron chi connectivity index (χ3n) is 6.76. The molecule has 5 nitrogen and oxygen atoms in total. The van der Waals surface area contributed by atoms with E-state index in [1.54, 1.807) is 0 Å². The van der Waals surface area contributed by atoms with Crippen LogP contribution >= 0.6 is 15.9 Å². The molecule has 2 atom stereocenters. The van der Waals surface area contributed by atoms with E-state index < -0.39 is 0 Å². The summed E-state index contributed by atoms with van der Waals surface area (Å²) in [6, 6.07) is 5.11. The van der Waals surface area contributed by atoms with Crippen molar-refractivity contribution in [1.82, 2.24) is 14.5 Å². The number of hydrogen-bond acceptors (Lipinski definition) is 2. The van der Waals surface area contributed by atoms with Crippen molar-refractivity contribution in [2.75, 3.05) is 31.6 Å². The molecule has 1 aromatic carbocycles. The Morgan fingerprint density at radius 2 is 2.03 bits per heavy atom. The first-order valence-electron chi connectivity index (χ1n) is 11.1. The van der Waals surface area contributed by atoms with Gasteiger partial charge in [0.05, 0.1) is 5.52 Å². The monoisotopic (exact) mass is 460 g/mol. The SMILES string of the molecule is CCCN1CCC[C@@H]2c3cc(C)cc4c3c(c(Br)n4NC(=O)N(CC)CC)C[C@H]21. The fraction of sp³-hybridized carbons (Fsp3) is 0.609. The number of carbonyl (C=O) groups excluding carboxylic acids is 1. The van der Waals surface area contributed by atoms with E-state index in [4.69, 9.17) is 0 Å². The summed E-state index contributed by atoms with van der Waals surface area (Å²) in [5, 5.41) is 1.35. The first-order valence-corrected chi connectivity index (χ1v) is 11.9. The number of halogens is 1. The number of piperidine rings is 1. The maximum absolute atomic E-state index is 12.8. The minimum Gasteiger partial charge on any atom is -0.324 e. The summed E-state index contributed by atoms with van der Waals surface area (Å²) in [5.41, 5.74) is 8.35. The molecule has 1 aliphatic carbocycles. The van der Waals surface area contributed by atoms with E-state index in [0.29, 0.717) is 25.0 Å². The first kappa shape index (κ1) is 20.7. The highest BCUT2D eigenvalue weighted by molar-refractivity contribution is 9.10. The molecule has 0 radical (unpaired) electrons. The van der Waals surface area contributed by atoms with E-state index in [2.05, 4.69) is 52.2 Å². The van der Waals surface area contributed by atoms with Crippen molar-refractivity contribution in [3.8, 4) is 0 Å². The highest BCUT2D eigenvalue weighted by Gasteiger charge is 2.39. The molecular weight excluding hydrogens is 428 g/mol. The summed E-state index contributed by atoms with van der Waals surface area (Å²) in [4.78, 5) is 17.3. The lowest BCUT2D eigenvalue weighted by Crippen LogP contribution is -2.47. The Morgan fingerprint density at radius 3 is 2.72 bits per heavy atom. The Bertz CT molecular complexity index is 915. The molecule has 4 rings (SSSR count). The Balaban J connectivity index is 1.82. The van der Waals surface area contributed by atoms with Crippen molar-refractivity contribution >= 4 is 32.9 Å². The number of hydrogen-bond donors (Lipinski definition) is 1. The summed E-state index contributed by atoms with van der Waals surface area (Å²) in [7, 11) is 0. The molecule has 0 unspecified atom stereocenters. The van der Waals surface area contributed by atoms with Gasteiger partial charge in [-0.15, -0.1) is 0 Å². The van der Waals surface area contributed by atoms with Gasteiger partial charge in [-0.3, -0.25) is 4.90 Å². The number of rotatable bonds is 5. The van der Waals surface area contributed by atoms with Crippen molar-refractivity contribution in [2.45, 2.75) is 65.3 Å². The van der Waals surface area contributed by atoms with Gasteiger partial charge in [0.15, 0.2) is 0 Å². The molecule has 1 aliphatic heterocycles. The molecule has 0 spiro atoms. The lowest BCUT2D eigenvalue weighted by molar-refractivity contribution is 0.124. The predicted octanol–water partition coefficient (Wildman–Crippen LogP) is 5.23. The third kappa shape index (κ3) is 3.48. The van der Waals surface area contributed by atoms with Crippen LogP contribution in [0.25, 0.3) is 10.9 Å². The Labute approximate surface area is 182 Å². The molecule has 2 heterocycles. The molecule has 158 valence electrons. The van der Waals surface area contributed by atoms with Crippen LogP contribution in [-0.2, 0) is 6.42 Å². The molecule has 1 aromatic heterocycles. The molecule has 2 aliphatic rings. The van der Waals surface area contributed by atoms with Crippen molar-refractivity contribution in [1.29, 1.82) is 0 Å². The number of aryl methyl sites for hydroxylation is 1. The van der Waals surface area contributed by atoms with Gasteiger partial charge in [0.1, 0.15) is 4.60 Å². The second kappa shape index (κ2) is 8.31. The molecule has 2 amide bonds. The Morgan fingerprint density at radius 1 is 1.28 bits per heavy atom. The topological polar surface area (TPSA) is 40.5 Å². The van der Waals surface area contributed by atoms with Crippen LogP contribution in [0.4, 0.5) is 4.79 Å². The van der Waals surface area contributed by atoms with Crippen molar-refractivity contribution < 1.29 is 4.79 Å². The van der Waals surface area contributed by atoms with Crippen molar-refractivity contribution in [3.63, 3.8) is 0 Å². The van der Waals surface area contributed by atoms with Gasteiger partial charge in [-0.25, -0.2) is 14.9 Å². The van der Waals surface area contributed by atoms with Crippen molar-refractivity contribution in [3.05, 3.63) is 33.4 Å². The minimum atomic E-state index is -0.0496. The van der Waals surface area contributed by atoms with Crippen LogP contribution < -0.4 is 5.43 Å². The number of carbonyl (C=O) groups is 1. The average molecular weight is 461 g/mol. The van der Waals surface area contributed by atoms with Crippen molar-refractivity contribution in [2.24, 2.45) is 0 Å². The number of likely N-dealkylation sites (tertiary alicyclic amines) is 1. The van der Waals surface area contributed by atoms with Gasteiger partial charge in [-0.05, 0) is 98.2 Å². The number of fused-ring (bicyclic) bond motifs is 2. The van der Waals surface area contributed by atoms with Gasteiger partial charge in [0.2, 0.25) is 0 Å². The molecule has 1 N–H and O–H groups in total. The highest BCUT2D eigenvalue weighted by Crippen LogP contribution is 2.46. The molecule has 0 bridgehead atoms. The molecule has 1 fully saturated rings. The third-order valence-corrected chi connectivity index (χ3v) is 7.59. The second-order valence-electron chi connectivity index (χ2n) is 8.50. The average Bonchev–Trinajstić information content (AvgIpc) is 2.96. The van der Waals surface area contributed by atoms with Gasteiger partial charge in [0, 0.05) is 30.4 Å². The molecule has 0 saturated carbocycles. The van der Waals surface area contributed by atoms with E-state index in [0.717, 1.165) is 16.5 Å². The Kier molecular flexibility index (Phi) is 5.94. The molecule has 1 saturated heterocycles. The molecule has 29 heavy (non-hydrogen) atoms. The van der Waals surface area contributed by atoms with E-state index in [9.17, 15) is 4.79 Å². The van der Waals surface area contributed by atoms with Gasteiger partial charge in [-0.1, -0.05) is 13.0 Å². The predicted molar refractivity (Wildman–Crippen MR) is 123 cm³/mol. The fourth-order valence-corrected chi connectivity index (χ4v) is 6.08. The van der Waals surface area contributed by atoms with E-state index in [1.807, 2.05) is 23.4 Å². The van der Waals surface area contributed by atoms with Gasteiger partial charge < -0.3 is 4.90 Å². The minimum absolute atomic E-state index is 0.0496. The number of aromatic nitrogens is 1. The number of nitrogens with one attached hydrogen (secondary N) is 1. The van der Waals surface area contributed by atoms with Gasteiger partial charge in [0.25, 0.3) is 0 Å². The van der Waals surface area contributed by atoms with E-state index in [1.165, 1.54) is 54.4 Å². The maximum atomic E-state index is 12.8. The Hall–Kier alpha value is -1.53. The molecule has 6 heteroatoms. The van der Waals surface area contributed by atoms with Crippen LogP contribution in [0, 0.1) is 6.92 Å². The lowest BCUT2D eigenvalue weighted by atomic mass is 9.74. The lowest BCUT2D eigenvalue weighted by Gasteiger charge is -2.44. The van der Waals surface area contributed by atoms with Gasteiger partial charge in [-0.2, -0.15) is 0 Å². The van der Waals surface area contributed by atoms with Crippen LogP contribution in [0.3, 0.4) is 0 Å². The molecular formula is C23H33BrN4O. The van der Waals surface area contributed by atoms with Crippen LogP contribution in [0.2, 0.25) is 0 Å². The maximum Gasteiger partial charge on any atom is 0.336 e.